The van der Waals surface area contributed by atoms with Crippen LogP contribution in [0.15, 0.2) is 27.8 Å². The topological polar surface area (TPSA) is 73.0 Å². The van der Waals surface area contributed by atoms with Crippen LogP contribution >= 0.6 is 0 Å². The van der Waals surface area contributed by atoms with Gasteiger partial charge in [0.25, 0.3) is 0 Å². The predicted molar refractivity (Wildman–Crippen MR) is 99.6 cm³/mol. The molecular formula is C19H32N4O2. The molecule has 1 aliphatic carbocycles. The van der Waals surface area contributed by atoms with E-state index in [4.69, 9.17) is 9.41 Å². The van der Waals surface area contributed by atoms with E-state index in [0.717, 1.165) is 57.2 Å². The molecule has 1 aliphatic heterocycles. The van der Waals surface area contributed by atoms with Crippen LogP contribution in [0.1, 0.15) is 50.8 Å². The third-order valence-electron chi connectivity index (χ3n) is 5.37. The third-order valence-corrected chi connectivity index (χ3v) is 5.37. The van der Waals surface area contributed by atoms with Crippen LogP contribution in [0.2, 0.25) is 0 Å². The summed E-state index contributed by atoms with van der Waals surface area (Å²) in [5, 5.41) is 16.7. The molecule has 1 saturated carbocycles. The van der Waals surface area contributed by atoms with Crippen molar-refractivity contribution in [3.63, 3.8) is 0 Å². The van der Waals surface area contributed by atoms with Crippen molar-refractivity contribution >= 4 is 5.96 Å². The second-order valence-electron chi connectivity index (χ2n) is 7.13. The van der Waals surface area contributed by atoms with Crippen molar-refractivity contribution in [3.8, 4) is 0 Å². The van der Waals surface area contributed by atoms with Gasteiger partial charge in [0, 0.05) is 19.0 Å². The Kier molecular flexibility index (Phi) is 6.76. The lowest BCUT2D eigenvalue weighted by atomic mass is 10.1. The Morgan fingerprint density at radius 3 is 2.80 bits per heavy atom. The van der Waals surface area contributed by atoms with Gasteiger partial charge in [0.15, 0.2) is 5.96 Å². The molecule has 3 atom stereocenters. The molecule has 25 heavy (non-hydrogen) atoms. The summed E-state index contributed by atoms with van der Waals surface area (Å²) in [5.41, 5.74) is 0. The molecule has 1 saturated heterocycles. The normalized spacial score (nSPS) is 26.1. The Morgan fingerprint density at radius 2 is 2.16 bits per heavy atom. The predicted octanol–water partition coefficient (Wildman–Crippen LogP) is 2.13. The van der Waals surface area contributed by atoms with Crippen molar-refractivity contribution in [1.29, 1.82) is 0 Å². The molecule has 0 amide bonds. The van der Waals surface area contributed by atoms with E-state index in [2.05, 4.69) is 22.5 Å². The number of hydrogen-bond acceptors (Lipinski definition) is 4. The molecule has 2 aliphatic rings. The van der Waals surface area contributed by atoms with Gasteiger partial charge >= 0.3 is 0 Å². The second-order valence-corrected chi connectivity index (χ2v) is 7.13. The zero-order valence-corrected chi connectivity index (χ0v) is 15.3. The van der Waals surface area contributed by atoms with E-state index in [0.29, 0.717) is 12.5 Å². The summed E-state index contributed by atoms with van der Waals surface area (Å²) in [6.07, 6.45) is 7.21. The molecule has 1 aromatic rings. The number of aliphatic hydroxyl groups excluding tert-OH is 1. The largest absolute Gasteiger partial charge is 0.468 e. The molecule has 6 heteroatoms. The van der Waals surface area contributed by atoms with Crippen molar-refractivity contribution in [1.82, 2.24) is 15.5 Å². The van der Waals surface area contributed by atoms with Gasteiger partial charge in [-0.15, -0.1) is 0 Å². The van der Waals surface area contributed by atoms with Crippen molar-refractivity contribution < 1.29 is 9.52 Å². The molecule has 0 radical (unpaired) electrons. The smallest absolute Gasteiger partial charge is 0.191 e. The Bertz CT molecular complexity index is 526. The number of nitrogens with one attached hydrogen (secondary N) is 2. The molecule has 0 spiro atoms. The fraction of sp³-hybridized carbons (Fsp3) is 0.737. The number of furan rings is 1. The monoisotopic (exact) mass is 348 g/mol. The van der Waals surface area contributed by atoms with Crippen LogP contribution in [-0.4, -0.2) is 54.8 Å². The molecule has 0 bridgehead atoms. The minimum atomic E-state index is -0.171. The van der Waals surface area contributed by atoms with Crippen LogP contribution in [0.5, 0.6) is 0 Å². The second kappa shape index (κ2) is 9.25. The van der Waals surface area contributed by atoms with Crippen LogP contribution < -0.4 is 10.6 Å². The number of rotatable bonds is 7. The van der Waals surface area contributed by atoms with Gasteiger partial charge in [-0.25, -0.2) is 0 Å². The van der Waals surface area contributed by atoms with Gasteiger partial charge in [-0.05, 0) is 57.8 Å². The highest BCUT2D eigenvalue weighted by Gasteiger charge is 2.26. The van der Waals surface area contributed by atoms with Crippen LogP contribution in [0.4, 0.5) is 0 Å². The summed E-state index contributed by atoms with van der Waals surface area (Å²) in [6, 6.07) is 4.20. The van der Waals surface area contributed by atoms with Gasteiger partial charge in [0.1, 0.15) is 5.76 Å². The van der Waals surface area contributed by atoms with E-state index in [9.17, 15) is 5.11 Å². The summed E-state index contributed by atoms with van der Waals surface area (Å²) >= 11 is 0. The minimum absolute atomic E-state index is 0.171. The minimum Gasteiger partial charge on any atom is -0.468 e. The van der Waals surface area contributed by atoms with Crippen LogP contribution in [0.3, 0.4) is 0 Å². The molecule has 2 heterocycles. The molecule has 0 aromatic carbocycles. The molecule has 3 N–H and O–H groups in total. The number of likely N-dealkylation sites (tertiary alicyclic amines) is 1. The summed E-state index contributed by atoms with van der Waals surface area (Å²) in [5.74, 6) is 2.16. The Labute approximate surface area is 150 Å². The zero-order chi connectivity index (χ0) is 17.5. The lowest BCUT2D eigenvalue weighted by Gasteiger charge is -2.25. The molecule has 3 unspecified atom stereocenters. The number of hydrogen-bond donors (Lipinski definition) is 3. The first-order valence-corrected chi connectivity index (χ1v) is 9.75. The fourth-order valence-corrected chi connectivity index (χ4v) is 3.92. The average molecular weight is 348 g/mol. The fourth-order valence-electron chi connectivity index (χ4n) is 3.92. The summed E-state index contributed by atoms with van der Waals surface area (Å²) < 4.78 is 5.67. The third kappa shape index (κ3) is 4.98. The van der Waals surface area contributed by atoms with E-state index >= 15 is 0 Å². The number of nitrogens with zero attached hydrogens (tertiary/aromatic N) is 2. The standard InChI is InChI=1S/C19H32N4O2/c1-2-20-19(21-13-15-7-5-8-17(15)24)22-14-16(18-9-6-12-25-18)23-10-3-4-11-23/h6,9,12,15-17,24H,2-5,7-8,10-11,13-14H2,1H3,(H2,20,21,22). The highest BCUT2D eigenvalue weighted by Crippen LogP contribution is 2.26. The molecule has 140 valence electrons. The summed E-state index contributed by atoms with van der Waals surface area (Å²) in [7, 11) is 0. The van der Waals surface area contributed by atoms with Crippen molar-refractivity contribution in [3.05, 3.63) is 24.2 Å². The maximum atomic E-state index is 10.00. The highest BCUT2D eigenvalue weighted by molar-refractivity contribution is 5.79. The van der Waals surface area contributed by atoms with Crippen LogP contribution in [0, 0.1) is 5.92 Å². The zero-order valence-electron chi connectivity index (χ0n) is 15.3. The first-order chi connectivity index (χ1) is 12.3. The van der Waals surface area contributed by atoms with Gasteiger partial charge < -0.3 is 20.2 Å². The molecule has 2 fully saturated rings. The van der Waals surface area contributed by atoms with Gasteiger partial charge in [-0.3, -0.25) is 9.89 Å². The number of aliphatic hydroxyl groups is 1. The Morgan fingerprint density at radius 1 is 1.32 bits per heavy atom. The van der Waals surface area contributed by atoms with Crippen LogP contribution in [0.25, 0.3) is 0 Å². The lowest BCUT2D eigenvalue weighted by molar-refractivity contribution is 0.134. The molecular weight excluding hydrogens is 316 g/mol. The van der Waals surface area contributed by atoms with Gasteiger partial charge in [-0.1, -0.05) is 6.42 Å². The van der Waals surface area contributed by atoms with Gasteiger partial charge in [0.05, 0.1) is 25.0 Å². The van der Waals surface area contributed by atoms with E-state index in [1.165, 1.54) is 12.8 Å². The first kappa shape index (κ1) is 18.3. The van der Waals surface area contributed by atoms with E-state index in [1.54, 1.807) is 6.26 Å². The van der Waals surface area contributed by atoms with Crippen molar-refractivity contribution in [2.45, 2.75) is 51.2 Å². The quantitative estimate of drug-likeness (QED) is 0.520. The van der Waals surface area contributed by atoms with Crippen LogP contribution in [-0.2, 0) is 0 Å². The van der Waals surface area contributed by atoms with E-state index in [1.807, 2.05) is 12.1 Å². The molecule has 1 aromatic heterocycles. The van der Waals surface area contributed by atoms with Gasteiger partial charge in [0.2, 0.25) is 0 Å². The average Bonchev–Trinajstić information content (AvgIpc) is 3.36. The maximum absolute atomic E-state index is 10.00. The first-order valence-electron chi connectivity index (χ1n) is 9.75. The number of aliphatic imine (C=N–C) groups is 1. The van der Waals surface area contributed by atoms with E-state index in [-0.39, 0.29) is 12.1 Å². The van der Waals surface area contributed by atoms with Crippen molar-refractivity contribution in [2.24, 2.45) is 10.9 Å². The molecule has 6 nitrogen and oxygen atoms in total. The molecule has 3 rings (SSSR count). The Hall–Kier alpha value is -1.53. The summed E-state index contributed by atoms with van der Waals surface area (Å²) in [6.45, 7) is 6.58. The SMILES string of the molecule is CCNC(=NCC(c1ccco1)N1CCCC1)NCC1CCCC1O. The number of guanidine groups is 1. The van der Waals surface area contributed by atoms with Gasteiger partial charge in [-0.2, -0.15) is 0 Å². The van der Waals surface area contributed by atoms with Crippen molar-refractivity contribution in [2.75, 3.05) is 32.7 Å². The lowest BCUT2D eigenvalue weighted by Crippen LogP contribution is -2.41. The highest BCUT2D eigenvalue weighted by atomic mass is 16.3. The van der Waals surface area contributed by atoms with E-state index < -0.39 is 0 Å². The Balaban J connectivity index is 1.61. The maximum Gasteiger partial charge on any atom is 0.191 e. The summed E-state index contributed by atoms with van der Waals surface area (Å²) in [4.78, 5) is 7.28.